The quantitative estimate of drug-likeness (QED) is 0.801. The van der Waals surface area contributed by atoms with Gasteiger partial charge in [-0.05, 0) is 23.8 Å². The number of carbonyl (C=O) groups is 1. The van der Waals surface area contributed by atoms with Gasteiger partial charge in [-0.1, -0.05) is 37.3 Å². The molecular formula is C14H18ClNO. The smallest absolute Gasteiger partial charge is 0.223 e. The summed E-state index contributed by atoms with van der Waals surface area (Å²) >= 11 is 5.70. The maximum absolute atomic E-state index is 11.9. The standard InChI is InChI=1S/C14H18ClNO/c1-10(8-15)9-16-14(17)13-7-12(13)11-5-3-2-4-6-11/h2-6,10,12-13H,7-9H2,1H3,(H,16,17). The fraction of sp³-hybridized carbons (Fsp3) is 0.500. The number of hydrogen-bond donors (Lipinski definition) is 1. The monoisotopic (exact) mass is 251 g/mol. The van der Waals surface area contributed by atoms with Crippen molar-refractivity contribution in [3.63, 3.8) is 0 Å². The van der Waals surface area contributed by atoms with E-state index < -0.39 is 0 Å². The number of benzene rings is 1. The maximum Gasteiger partial charge on any atom is 0.223 e. The molecule has 0 bridgehead atoms. The first-order valence-corrected chi connectivity index (χ1v) is 6.64. The fourth-order valence-corrected chi connectivity index (χ4v) is 2.12. The van der Waals surface area contributed by atoms with Crippen LogP contribution in [-0.4, -0.2) is 18.3 Å². The third kappa shape index (κ3) is 3.22. The number of carbonyl (C=O) groups excluding carboxylic acids is 1. The number of halogens is 1. The van der Waals surface area contributed by atoms with E-state index in [-0.39, 0.29) is 11.8 Å². The molecule has 0 heterocycles. The fourth-order valence-electron chi connectivity index (χ4n) is 2.01. The van der Waals surface area contributed by atoms with Gasteiger partial charge in [0, 0.05) is 18.3 Å². The van der Waals surface area contributed by atoms with Crippen molar-refractivity contribution < 1.29 is 4.79 Å². The van der Waals surface area contributed by atoms with E-state index >= 15 is 0 Å². The van der Waals surface area contributed by atoms with Crippen LogP contribution in [0.15, 0.2) is 30.3 Å². The first-order chi connectivity index (χ1) is 8.22. The van der Waals surface area contributed by atoms with Gasteiger partial charge in [0.25, 0.3) is 0 Å². The Morgan fingerprint density at radius 3 is 2.82 bits per heavy atom. The zero-order chi connectivity index (χ0) is 12.3. The molecule has 0 aliphatic heterocycles. The number of rotatable bonds is 5. The zero-order valence-corrected chi connectivity index (χ0v) is 10.8. The van der Waals surface area contributed by atoms with Crippen LogP contribution in [-0.2, 0) is 4.79 Å². The van der Waals surface area contributed by atoms with Gasteiger partial charge >= 0.3 is 0 Å². The first kappa shape index (κ1) is 12.4. The minimum atomic E-state index is 0.167. The molecule has 0 spiro atoms. The molecule has 2 nitrogen and oxygen atoms in total. The molecule has 1 saturated carbocycles. The summed E-state index contributed by atoms with van der Waals surface area (Å²) in [6.07, 6.45) is 0.977. The van der Waals surface area contributed by atoms with E-state index in [4.69, 9.17) is 11.6 Å². The van der Waals surface area contributed by atoms with Crippen molar-refractivity contribution in [3.05, 3.63) is 35.9 Å². The highest BCUT2D eigenvalue weighted by molar-refractivity contribution is 6.18. The molecule has 2 rings (SSSR count). The highest BCUT2D eigenvalue weighted by Crippen LogP contribution is 2.47. The molecule has 0 radical (unpaired) electrons. The highest BCUT2D eigenvalue weighted by atomic mass is 35.5. The SMILES string of the molecule is CC(CCl)CNC(=O)C1CC1c1ccccc1. The van der Waals surface area contributed by atoms with Crippen LogP contribution in [0, 0.1) is 11.8 Å². The largest absolute Gasteiger partial charge is 0.356 e. The molecular weight excluding hydrogens is 234 g/mol. The van der Waals surface area contributed by atoms with Gasteiger partial charge in [-0.3, -0.25) is 4.79 Å². The Morgan fingerprint density at radius 2 is 2.18 bits per heavy atom. The Balaban J connectivity index is 1.81. The van der Waals surface area contributed by atoms with Crippen molar-refractivity contribution in [2.45, 2.75) is 19.3 Å². The van der Waals surface area contributed by atoms with Crippen LogP contribution in [0.25, 0.3) is 0 Å². The molecule has 1 aliphatic carbocycles. The molecule has 17 heavy (non-hydrogen) atoms. The van der Waals surface area contributed by atoms with E-state index in [1.165, 1.54) is 5.56 Å². The summed E-state index contributed by atoms with van der Waals surface area (Å²) in [5.41, 5.74) is 1.28. The van der Waals surface area contributed by atoms with E-state index in [1.54, 1.807) is 0 Å². The average Bonchev–Trinajstić information content (AvgIpc) is 3.17. The second kappa shape index (κ2) is 5.54. The van der Waals surface area contributed by atoms with Crippen LogP contribution in [0.2, 0.25) is 0 Å². The van der Waals surface area contributed by atoms with Gasteiger partial charge in [0.2, 0.25) is 5.91 Å². The summed E-state index contributed by atoms with van der Waals surface area (Å²) in [6.45, 7) is 2.72. The Morgan fingerprint density at radius 1 is 1.47 bits per heavy atom. The highest BCUT2D eigenvalue weighted by Gasteiger charge is 2.43. The summed E-state index contributed by atoms with van der Waals surface area (Å²) in [6, 6.07) is 10.2. The first-order valence-electron chi connectivity index (χ1n) is 6.11. The number of nitrogens with one attached hydrogen (secondary N) is 1. The maximum atomic E-state index is 11.9. The van der Waals surface area contributed by atoms with Crippen molar-refractivity contribution in [2.75, 3.05) is 12.4 Å². The number of hydrogen-bond acceptors (Lipinski definition) is 1. The van der Waals surface area contributed by atoms with E-state index in [0.29, 0.717) is 24.3 Å². The van der Waals surface area contributed by atoms with Gasteiger partial charge < -0.3 is 5.32 Å². The van der Waals surface area contributed by atoms with Gasteiger partial charge in [0.05, 0.1) is 0 Å². The minimum absolute atomic E-state index is 0.167. The average molecular weight is 252 g/mol. The topological polar surface area (TPSA) is 29.1 Å². The summed E-state index contributed by atoms with van der Waals surface area (Å²) < 4.78 is 0. The molecule has 3 heteroatoms. The summed E-state index contributed by atoms with van der Waals surface area (Å²) in [5.74, 6) is 1.69. The third-order valence-corrected chi connectivity index (χ3v) is 3.77. The van der Waals surface area contributed by atoms with Gasteiger partial charge in [-0.15, -0.1) is 11.6 Å². The van der Waals surface area contributed by atoms with Crippen molar-refractivity contribution >= 4 is 17.5 Å². The molecule has 1 amide bonds. The Hall–Kier alpha value is -1.02. The van der Waals surface area contributed by atoms with Crippen molar-refractivity contribution in [1.29, 1.82) is 0 Å². The predicted octanol–water partition coefficient (Wildman–Crippen LogP) is 2.78. The van der Waals surface area contributed by atoms with Crippen LogP contribution in [0.1, 0.15) is 24.8 Å². The van der Waals surface area contributed by atoms with Crippen LogP contribution in [0.5, 0.6) is 0 Å². The van der Waals surface area contributed by atoms with E-state index in [1.807, 2.05) is 25.1 Å². The Kier molecular flexibility index (Phi) is 4.06. The molecule has 0 aromatic heterocycles. The lowest BCUT2D eigenvalue weighted by atomic mass is 10.1. The molecule has 3 unspecified atom stereocenters. The molecule has 1 fully saturated rings. The predicted molar refractivity (Wildman–Crippen MR) is 70.2 cm³/mol. The van der Waals surface area contributed by atoms with Gasteiger partial charge in [0.15, 0.2) is 0 Å². The zero-order valence-electron chi connectivity index (χ0n) is 10.0. The lowest BCUT2D eigenvalue weighted by Gasteiger charge is -2.09. The van der Waals surface area contributed by atoms with Crippen molar-refractivity contribution in [2.24, 2.45) is 11.8 Å². The van der Waals surface area contributed by atoms with Crippen LogP contribution in [0.3, 0.4) is 0 Å². The second-order valence-electron chi connectivity index (χ2n) is 4.86. The Bertz CT molecular complexity index is 379. The summed E-state index contributed by atoms with van der Waals surface area (Å²) in [5, 5.41) is 2.97. The minimum Gasteiger partial charge on any atom is -0.356 e. The molecule has 3 atom stereocenters. The van der Waals surface area contributed by atoms with Crippen molar-refractivity contribution in [1.82, 2.24) is 5.32 Å². The second-order valence-corrected chi connectivity index (χ2v) is 5.17. The van der Waals surface area contributed by atoms with Crippen LogP contribution < -0.4 is 5.32 Å². The summed E-state index contributed by atoms with van der Waals surface area (Å²) in [4.78, 5) is 11.9. The third-order valence-electron chi connectivity index (χ3n) is 3.24. The van der Waals surface area contributed by atoms with E-state index in [9.17, 15) is 4.79 Å². The van der Waals surface area contributed by atoms with E-state index in [0.717, 1.165) is 6.42 Å². The van der Waals surface area contributed by atoms with Crippen LogP contribution >= 0.6 is 11.6 Å². The lowest BCUT2D eigenvalue weighted by Crippen LogP contribution is -2.30. The molecule has 1 aromatic carbocycles. The number of alkyl halides is 1. The Labute approximate surface area is 107 Å². The lowest BCUT2D eigenvalue weighted by molar-refractivity contribution is -0.122. The molecule has 0 saturated heterocycles. The van der Waals surface area contributed by atoms with Crippen molar-refractivity contribution in [3.8, 4) is 0 Å². The normalized spacial score (nSPS) is 24.1. The van der Waals surface area contributed by atoms with Crippen LogP contribution in [0.4, 0.5) is 0 Å². The van der Waals surface area contributed by atoms with Gasteiger partial charge in [0.1, 0.15) is 0 Å². The number of amides is 1. The summed E-state index contributed by atoms with van der Waals surface area (Å²) in [7, 11) is 0. The van der Waals surface area contributed by atoms with E-state index in [2.05, 4.69) is 17.4 Å². The van der Waals surface area contributed by atoms with Gasteiger partial charge in [-0.25, -0.2) is 0 Å². The molecule has 92 valence electrons. The molecule has 1 aromatic rings. The molecule has 1 N–H and O–H groups in total. The molecule has 1 aliphatic rings. The van der Waals surface area contributed by atoms with Gasteiger partial charge in [-0.2, -0.15) is 0 Å².